The van der Waals surface area contributed by atoms with Crippen molar-refractivity contribution in [2.24, 2.45) is 0 Å². The Labute approximate surface area is 221 Å². The van der Waals surface area contributed by atoms with Gasteiger partial charge in [-0.15, -0.1) is 0 Å². The Morgan fingerprint density at radius 3 is 2.79 bits per heavy atom. The summed E-state index contributed by atoms with van der Waals surface area (Å²) in [6.07, 6.45) is 7.92. The van der Waals surface area contributed by atoms with Crippen molar-refractivity contribution in [2.45, 2.75) is 32.2 Å². The summed E-state index contributed by atoms with van der Waals surface area (Å²) >= 11 is 5.79. The van der Waals surface area contributed by atoms with E-state index in [4.69, 9.17) is 11.6 Å². The zero-order chi connectivity index (χ0) is 26.8. The number of aromatic nitrogens is 4. The fraction of sp³-hybridized carbons (Fsp3) is 0.185. The molecule has 2 amide bonds. The standard InChI is InChI=1S/C27H23ClF2N6O2/c1-14-7-8-15-19(11-14)33-22(37)6-4-2-3-5-18(25-31-12-20(15)34-25)36-27(38)21-13-32-26(35-21)23-17(29)10-9-16(28)24(23)30/h2-3,7-13,18H,4-6H2,1H3,(H,31,34)(H,32,35)(H,33,37)(H,36,38)/b3-2+/t18-/m0/s1. The molecule has 8 nitrogen and oxygen atoms in total. The minimum Gasteiger partial charge on any atom is -0.346 e. The maximum Gasteiger partial charge on any atom is 0.272 e. The van der Waals surface area contributed by atoms with Crippen molar-refractivity contribution in [3.8, 4) is 22.6 Å². The van der Waals surface area contributed by atoms with Crippen LogP contribution >= 0.6 is 11.6 Å². The summed E-state index contributed by atoms with van der Waals surface area (Å²) in [4.78, 5) is 40.1. The third-order valence-corrected chi connectivity index (χ3v) is 6.42. The first-order chi connectivity index (χ1) is 18.3. The molecule has 1 aliphatic rings. The lowest BCUT2D eigenvalue weighted by molar-refractivity contribution is -0.116. The number of benzene rings is 2. The van der Waals surface area contributed by atoms with Crippen LogP contribution in [0.5, 0.6) is 0 Å². The Morgan fingerprint density at radius 2 is 1.95 bits per heavy atom. The van der Waals surface area contributed by atoms with Crippen LogP contribution in [0.4, 0.5) is 14.5 Å². The third-order valence-electron chi connectivity index (χ3n) is 6.13. The van der Waals surface area contributed by atoms with Gasteiger partial charge in [0.15, 0.2) is 5.82 Å². The number of hydrogen-bond donors (Lipinski definition) is 4. The predicted molar refractivity (Wildman–Crippen MR) is 140 cm³/mol. The molecule has 5 rings (SSSR count). The van der Waals surface area contributed by atoms with Crippen LogP contribution in [0.25, 0.3) is 22.6 Å². The van der Waals surface area contributed by atoms with Gasteiger partial charge < -0.3 is 20.6 Å². The summed E-state index contributed by atoms with van der Waals surface area (Å²) in [5, 5.41) is 5.58. The van der Waals surface area contributed by atoms with Crippen LogP contribution in [0.3, 0.4) is 0 Å². The molecule has 38 heavy (non-hydrogen) atoms. The number of hydrogen-bond acceptors (Lipinski definition) is 4. The molecule has 11 heteroatoms. The summed E-state index contributed by atoms with van der Waals surface area (Å²) in [6, 6.07) is 7.27. The zero-order valence-electron chi connectivity index (χ0n) is 20.2. The first-order valence-electron chi connectivity index (χ1n) is 11.9. The number of carbonyl (C=O) groups excluding carboxylic acids is 2. The Hall–Kier alpha value is -4.31. The number of H-pyrrole nitrogens is 2. The van der Waals surface area contributed by atoms with Gasteiger partial charge in [-0.1, -0.05) is 35.9 Å². The number of aromatic amines is 2. The number of allylic oxidation sites excluding steroid dienone is 1. The fourth-order valence-electron chi connectivity index (χ4n) is 4.20. The Morgan fingerprint density at radius 1 is 1.11 bits per heavy atom. The van der Waals surface area contributed by atoms with E-state index in [1.165, 1.54) is 6.20 Å². The Bertz CT molecular complexity index is 1560. The van der Waals surface area contributed by atoms with E-state index in [2.05, 4.69) is 30.6 Å². The summed E-state index contributed by atoms with van der Waals surface area (Å²) in [6.45, 7) is 1.94. The molecule has 4 N–H and O–H groups in total. The molecule has 194 valence electrons. The van der Waals surface area contributed by atoms with Gasteiger partial charge >= 0.3 is 0 Å². The van der Waals surface area contributed by atoms with Crippen molar-refractivity contribution in [3.63, 3.8) is 0 Å². The van der Waals surface area contributed by atoms with Crippen LogP contribution in [0.15, 0.2) is 54.9 Å². The second-order valence-corrected chi connectivity index (χ2v) is 9.30. The summed E-state index contributed by atoms with van der Waals surface area (Å²) in [5.74, 6) is -2.17. The number of amides is 2. The van der Waals surface area contributed by atoms with E-state index in [0.717, 1.165) is 23.3 Å². The monoisotopic (exact) mass is 536 g/mol. The maximum atomic E-state index is 14.4. The Balaban J connectivity index is 1.44. The van der Waals surface area contributed by atoms with E-state index in [0.29, 0.717) is 36.5 Å². The second kappa shape index (κ2) is 10.6. The van der Waals surface area contributed by atoms with E-state index >= 15 is 0 Å². The first-order valence-corrected chi connectivity index (χ1v) is 12.3. The minimum absolute atomic E-state index is 0.0620. The molecule has 0 unspecified atom stereocenters. The van der Waals surface area contributed by atoms with E-state index in [1.807, 2.05) is 37.3 Å². The van der Waals surface area contributed by atoms with E-state index in [-0.39, 0.29) is 22.4 Å². The van der Waals surface area contributed by atoms with Gasteiger partial charge in [-0.2, -0.15) is 0 Å². The molecule has 0 aliphatic carbocycles. The number of aryl methyl sites for hydroxylation is 1. The normalized spacial score (nSPS) is 16.4. The second-order valence-electron chi connectivity index (χ2n) is 8.89. The summed E-state index contributed by atoms with van der Waals surface area (Å²) in [5.41, 5.74) is 2.48. The molecule has 0 saturated heterocycles. The summed E-state index contributed by atoms with van der Waals surface area (Å²) in [7, 11) is 0. The number of imidazole rings is 2. The molecular formula is C27H23ClF2N6O2. The highest BCUT2D eigenvalue weighted by atomic mass is 35.5. The third kappa shape index (κ3) is 5.21. The fourth-order valence-corrected chi connectivity index (χ4v) is 4.35. The number of rotatable bonds is 3. The lowest BCUT2D eigenvalue weighted by Gasteiger charge is -2.14. The number of nitrogens with one attached hydrogen (secondary N) is 4. The largest absolute Gasteiger partial charge is 0.346 e. The van der Waals surface area contributed by atoms with E-state index in [9.17, 15) is 18.4 Å². The van der Waals surface area contributed by atoms with E-state index in [1.54, 1.807) is 6.20 Å². The highest BCUT2D eigenvalue weighted by molar-refractivity contribution is 6.31. The summed E-state index contributed by atoms with van der Waals surface area (Å²) < 4.78 is 28.7. The van der Waals surface area contributed by atoms with Gasteiger partial charge in [-0.25, -0.2) is 18.7 Å². The number of anilines is 1. The lowest BCUT2D eigenvalue weighted by atomic mass is 10.1. The van der Waals surface area contributed by atoms with Crippen molar-refractivity contribution < 1.29 is 18.4 Å². The van der Waals surface area contributed by atoms with Crippen molar-refractivity contribution in [1.82, 2.24) is 25.3 Å². The van der Waals surface area contributed by atoms with Crippen LogP contribution < -0.4 is 10.6 Å². The van der Waals surface area contributed by atoms with Gasteiger partial charge in [-0.05, 0) is 43.5 Å². The van der Waals surface area contributed by atoms with Crippen molar-refractivity contribution in [1.29, 1.82) is 0 Å². The molecule has 0 radical (unpaired) electrons. The number of carbonyl (C=O) groups is 2. The molecule has 2 aromatic carbocycles. The maximum absolute atomic E-state index is 14.4. The number of fused-ring (bicyclic) bond motifs is 4. The predicted octanol–water partition coefficient (Wildman–Crippen LogP) is 5.86. The van der Waals surface area contributed by atoms with Crippen LogP contribution in [0, 0.1) is 18.6 Å². The molecule has 1 atom stereocenters. The Kier molecular flexibility index (Phi) is 7.06. The SMILES string of the molecule is Cc1ccc2c(c1)NC(=O)CC/C=C/C[C@H](NC(=O)c1c[nH]c(-c3c(F)ccc(Cl)c3F)n1)c1nc-2c[nH]1. The number of nitrogens with zero attached hydrogens (tertiary/aromatic N) is 2. The van der Waals surface area contributed by atoms with Gasteiger partial charge in [-0.3, -0.25) is 9.59 Å². The molecule has 0 spiro atoms. The molecule has 1 aliphatic heterocycles. The smallest absolute Gasteiger partial charge is 0.272 e. The van der Waals surface area contributed by atoms with Crippen LogP contribution in [0.2, 0.25) is 5.02 Å². The number of halogens is 3. The van der Waals surface area contributed by atoms with E-state index < -0.39 is 29.1 Å². The van der Waals surface area contributed by atoms with Crippen molar-refractivity contribution in [3.05, 3.63) is 88.6 Å². The quantitative estimate of drug-likeness (QED) is 0.194. The van der Waals surface area contributed by atoms with Gasteiger partial charge in [0, 0.05) is 24.4 Å². The highest BCUT2D eigenvalue weighted by Crippen LogP contribution is 2.31. The first kappa shape index (κ1) is 25.3. The molecule has 0 saturated carbocycles. The topological polar surface area (TPSA) is 116 Å². The van der Waals surface area contributed by atoms with Gasteiger partial charge in [0.2, 0.25) is 5.91 Å². The minimum atomic E-state index is -0.972. The average Bonchev–Trinajstić information content (AvgIpc) is 3.56. The van der Waals surface area contributed by atoms with Crippen LogP contribution in [0.1, 0.15) is 47.2 Å². The van der Waals surface area contributed by atoms with Crippen molar-refractivity contribution in [2.75, 3.05) is 5.32 Å². The molecular weight excluding hydrogens is 514 g/mol. The molecule has 4 aromatic rings. The molecule has 0 fully saturated rings. The lowest BCUT2D eigenvalue weighted by Crippen LogP contribution is -2.29. The van der Waals surface area contributed by atoms with Crippen molar-refractivity contribution >= 4 is 29.1 Å². The molecule has 2 aromatic heterocycles. The van der Waals surface area contributed by atoms with Gasteiger partial charge in [0.1, 0.15) is 23.2 Å². The zero-order valence-corrected chi connectivity index (χ0v) is 21.0. The molecule has 2 bridgehead atoms. The van der Waals surface area contributed by atoms with Gasteiger partial charge in [0.25, 0.3) is 5.91 Å². The molecule has 3 heterocycles. The average molecular weight is 537 g/mol. The van der Waals surface area contributed by atoms with Crippen LogP contribution in [-0.2, 0) is 4.79 Å². The highest BCUT2D eigenvalue weighted by Gasteiger charge is 2.23. The van der Waals surface area contributed by atoms with Crippen LogP contribution in [-0.4, -0.2) is 31.8 Å². The van der Waals surface area contributed by atoms with Gasteiger partial charge in [0.05, 0.1) is 28.0 Å².